The first-order chi connectivity index (χ1) is 25.6. The van der Waals surface area contributed by atoms with Crippen molar-refractivity contribution in [1.82, 2.24) is 0 Å². The number of anilines is 6. The maximum Gasteiger partial charge on any atom is 0.0543 e. The Morgan fingerprint density at radius 1 is 0.358 bits per heavy atom. The van der Waals surface area contributed by atoms with Crippen molar-refractivity contribution >= 4 is 34.1 Å². The molecule has 0 spiro atoms. The Balaban J connectivity index is 1.20. The first-order valence-electron chi connectivity index (χ1n) is 18.9. The summed E-state index contributed by atoms with van der Waals surface area (Å²) in [6.45, 7) is 14.3. The van der Waals surface area contributed by atoms with Crippen molar-refractivity contribution < 1.29 is 0 Å². The molecule has 258 valence electrons. The van der Waals surface area contributed by atoms with Crippen LogP contribution >= 0.6 is 0 Å². The van der Waals surface area contributed by atoms with Crippen LogP contribution in [0.2, 0.25) is 0 Å². The fraction of sp³-hybridized carbons (Fsp3) is 0.176. The van der Waals surface area contributed by atoms with Crippen molar-refractivity contribution in [3.63, 3.8) is 0 Å². The van der Waals surface area contributed by atoms with E-state index in [1.807, 2.05) is 0 Å². The molecule has 0 fully saturated rings. The SMILES string of the molecule is CC1(C)c2ccccc2-c2ccc(N(c3cccc(-c4ccccc4)c3)c3ccc4c(c3)C(C)(C)c3cccc5c3N4c3ccccc3C5(C)C)cc21. The van der Waals surface area contributed by atoms with E-state index in [0.29, 0.717) is 0 Å². The van der Waals surface area contributed by atoms with Crippen molar-refractivity contribution in [2.45, 2.75) is 57.8 Å². The van der Waals surface area contributed by atoms with E-state index in [-0.39, 0.29) is 16.2 Å². The summed E-state index contributed by atoms with van der Waals surface area (Å²) < 4.78 is 0. The molecule has 0 saturated heterocycles. The Bertz CT molecular complexity index is 2610. The van der Waals surface area contributed by atoms with Crippen LogP contribution in [0, 0.1) is 0 Å². The summed E-state index contributed by atoms with van der Waals surface area (Å²) >= 11 is 0. The maximum atomic E-state index is 2.55. The summed E-state index contributed by atoms with van der Waals surface area (Å²) in [5.41, 5.74) is 20.2. The Morgan fingerprint density at radius 2 is 0.868 bits per heavy atom. The van der Waals surface area contributed by atoms with Crippen LogP contribution in [-0.2, 0) is 16.2 Å². The Morgan fingerprint density at radius 3 is 1.64 bits per heavy atom. The quantitative estimate of drug-likeness (QED) is 0.182. The molecule has 0 unspecified atom stereocenters. The molecule has 0 amide bonds. The van der Waals surface area contributed by atoms with Crippen LogP contribution in [0.4, 0.5) is 34.1 Å². The third-order valence-electron chi connectivity index (χ3n) is 12.6. The highest BCUT2D eigenvalue weighted by Crippen LogP contribution is 2.60. The van der Waals surface area contributed by atoms with Crippen LogP contribution in [0.15, 0.2) is 158 Å². The molecular formula is C51H44N2. The Kier molecular flexibility index (Phi) is 6.65. The summed E-state index contributed by atoms with van der Waals surface area (Å²) in [4.78, 5) is 5.02. The molecule has 53 heavy (non-hydrogen) atoms. The number of hydrogen-bond donors (Lipinski definition) is 0. The number of rotatable bonds is 4. The van der Waals surface area contributed by atoms with Gasteiger partial charge >= 0.3 is 0 Å². The number of fused-ring (bicyclic) bond motifs is 7. The molecule has 0 atom stereocenters. The Hall–Kier alpha value is -5.86. The average Bonchev–Trinajstić information content (AvgIpc) is 3.41. The monoisotopic (exact) mass is 684 g/mol. The molecule has 3 aliphatic rings. The minimum atomic E-state index is -0.228. The van der Waals surface area contributed by atoms with Crippen molar-refractivity contribution in [2.24, 2.45) is 0 Å². The first kappa shape index (κ1) is 31.8. The normalized spacial score (nSPS) is 16.2. The largest absolute Gasteiger partial charge is 0.310 e. The van der Waals surface area contributed by atoms with E-state index in [0.717, 1.165) is 17.1 Å². The van der Waals surface area contributed by atoms with Gasteiger partial charge in [0.1, 0.15) is 0 Å². The van der Waals surface area contributed by atoms with E-state index in [4.69, 9.17) is 0 Å². The topological polar surface area (TPSA) is 6.48 Å². The van der Waals surface area contributed by atoms with Crippen molar-refractivity contribution in [3.05, 3.63) is 191 Å². The van der Waals surface area contributed by atoms with Crippen molar-refractivity contribution in [3.8, 4) is 22.3 Å². The van der Waals surface area contributed by atoms with Crippen LogP contribution in [0.5, 0.6) is 0 Å². The minimum absolute atomic E-state index is 0.103. The molecular weight excluding hydrogens is 641 g/mol. The molecule has 0 bridgehead atoms. The minimum Gasteiger partial charge on any atom is -0.310 e. The van der Waals surface area contributed by atoms with Crippen LogP contribution < -0.4 is 9.80 Å². The second-order valence-corrected chi connectivity index (χ2v) is 16.7. The van der Waals surface area contributed by atoms with Gasteiger partial charge in [0, 0.05) is 33.3 Å². The van der Waals surface area contributed by atoms with Gasteiger partial charge in [0.15, 0.2) is 0 Å². The van der Waals surface area contributed by atoms with Gasteiger partial charge in [0.25, 0.3) is 0 Å². The van der Waals surface area contributed by atoms with Gasteiger partial charge in [-0.25, -0.2) is 0 Å². The summed E-state index contributed by atoms with van der Waals surface area (Å²) in [5.74, 6) is 0. The van der Waals surface area contributed by atoms with Crippen molar-refractivity contribution in [1.29, 1.82) is 0 Å². The van der Waals surface area contributed by atoms with Crippen LogP contribution in [-0.4, -0.2) is 0 Å². The van der Waals surface area contributed by atoms with Gasteiger partial charge in [0.2, 0.25) is 0 Å². The van der Waals surface area contributed by atoms with E-state index in [2.05, 4.69) is 209 Å². The second kappa shape index (κ2) is 11.1. The summed E-state index contributed by atoms with van der Waals surface area (Å²) in [7, 11) is 0. The molecule has 2 heterocycles. The smallest absolute Gasteiger partial charge is 0.0543 e. The van der Waals surface area contributed by atoms with Crippen molar-refractivity contribution in [2.75, 3.05) is 9.80 Å². The molecule has 2 nitrogen and oxygen atoms in total. The predicted molar refractivity (Wildman–Crippen MR) is 223 cm³/mol. The van der Waals surface area contributed by atoms with Gasteiger partial charge in [-0.1, -0.05) is 151 Å². The lowest BCUT2D eigenvalue weighted by Gasteiger charge is -2.49. The number of para-hydroxylation sites is 2. The molecule has 0 aromatic heterocycles. The molecule has 2 heteroatoms. The van der Waals surface area contributed by atoms with E-state index in [1.54, 1.807) is 0 Å². The first-order valence-corrected chi connectivity index (χ1v) is 18.9. The maximum absolute atomic E-state index is 2.55. The van der Waals surface area contributed by atoms with Gasteiger partial charge in [-0.2, -0.15) is 0 Å². The highest BCUT2D eigenvalue weighted by atomic mass is 15.2. The number of benzene rings is 7. The fourth-order valence-electron chi connectivity index (χ4n) is 9.74. The van der Waals surface area contributed by atoms with Gasteiger partial charge < -0.3 is 9.80 Å². The summed E-state index contributed by atoms with van der Waals surface area (Å²) in [6, 6.07) is 58.9. The van der Waals surface area contributed by atoms with E-state index < -0.39 is 0 Å². The fourth-order valence-corrected chi connectivity index (χ4v) is 9.74. The van der Waals surface area contributed by atoms with Crippen LogP contribution in [0.25, 0.3) is 22.3 Å². The Labute approximate surface area is 314 Å². The van der Waals surface area contributed by atoms with Crippen LogP contribution in [0.3, 0.4) is 0 Å². The average molecular weight is 685 g/mol. The standard InChI is InChI=1S/C51H44N2/c1-49(2)40-21-11-10-20-38(40)39-28-26-36(31-44(39)49)52(35-19-14-18-34(30-35)33-16-8-7-9-17-33)37-27-29-47-45(32-37)51(5,6)43-24-15-23-42-48(43)53(47)46-25-13-12-22-41(46)50(42,3)4/h7-32H,1-6H3. The predicted octanol–water partition coefficient (Wildman–Crippen LogP) is 13.9. The van der Waals surface area contributed by atoms with E-state index in [9.17, 15) is 0 Å². The van der Waals surface area contributed by atoms with Gasteiger partial charge in [-0.15, -0.1) is 0 Å². The molecule has 0 saturated carbocycles. The van der Waals surface area contributed by atoms with E-state index >= 15 is 0 Å². The molecule has 7 aromatic carbocycles. The molecule has 1 aliphatic carbocycles. The molecule has 7 aromatic rings. The second-order valence-electron chi connectivity index (χ2n) is 16.7. The lowest BCUT2D eigenvalue weighted by molar-refractivity contribution is 0.597. The summed E-state index contributed by atoms with van der Waals surface area (Å²) in [5, 5.41) is 0. The van der Waals surface area contributed by atoms with E-state index in [1.165, 1.54) is 72.7 Å². The lowest BCUT2D eigenvalue weighted by atomic mass is 9.66. The lowest BCUT2D eigenvalue weighted by Crippen LogP contribution is -2.38. The van der Waals surface area contributed by atoms with Gasteiger partial charge in [0.05, 0.1) is 17.1 Å². The number of hydrogen-bond acceptors (Lipinski definition) is 2. The summed E-state index contributed by atoms with van der Waals surface area (Å²) in [6.07, 6.45) is 0. The van der Waals surface area contributed by atoms with Crippen LogP contribution in [0.1, 0.15) is 74.9 Å². The van der Waals surface area contributed by atoms with Gasteiger partial charge in [-0.3, -0.25) is 0 Å². The number of nitrogens with zero attached hydrogens (tertiary/aromatic N) is 2. The highest BCUT2D eigenvalue weighted by molar-refractivity contribution is 5.94. The molecule has 0 N–H and O–H groups in total. The molecule has 0 radical (unpaired) electrons. The zero-order chi connectivity index (χ0) is 36.3. The third-order valence-corrected chi connectivity index (χ3v) is 12.6. The molecule has 2 aliphatic heterocycles. The zero-order valence-corrected chi connectivity index (χ0v) is 31.4. The molecule has 10 rings (SSSR count). The zero-order valence-electron chi connectivity index (χ0n) is 31.4. The third kappa shape index (κ3) is 4.45. The highest BCUT2D eigenvalue weighted by Gasteiger charge is 2.45. The van der Waals surface area contributed by atoms with Gasteiger partial charge in [-0.05, 0) is 104 Å².